The molecule has 0 amide bonds. The Morgan fingerprint density at radius 1 is 1.33 bits per heavy atom. The molecule has 0 saturated carbocycles. The average Bonchev–Trinajstić information content (AvgIpc) is 2.33. The van der Waals surface area contributed by atoms with Gasteiger partial charge in [0, 0.05) is 6.42 Å². The molecule has 1 aromatic rings. The first-order valence-corrected chi connectivity index (χ1v) is 6.25. The summed E-state index contributed by atoms with van der Waals surface area (Å²) in [4.78, 5) is 23.1. The number of esters is 1. The van der Waals surface area contributed by atoms with Gasteiger partial charge in [-0.2, -0.15) is 0 Å². The smallest absolute Gasteiger partial charge is 0.338 e. The lowest BCUT2D eigenvalue weighted by Crippen LogP contribution is -2.43. The summed E-state index contributed by atoms with van der Waals surface area (Å²) in [6, 6.07) is 5.77. The van der Waals surface area contributed by atoms with Gasteiger partial charge in [0.2, 0.25) is 0 Å². The fourth-order valence-corrected chi connectivity index (χ4v) is 1.67. The molecule has 0 saturated heterocycles. The van der Waals surface area contributed by atoms with Crippen molar-refractivity contribution in [1.29, 1.82) is 0 Å². The van der Waals surface area contributed by atoms with Gasteiger partial charge in [-0.3, -0.25) is 10.6 Å². The van der Waals surface area contributed by atoms with E-state index in [1.54, 1.807) is 45.0 Å². The van der Waals surface area contributed by atoms with Crippen LogP contribution in [-0.2, 0) is 16.0 Å². The van der Waals surface area contributed by atoms with Crippen molar-refractivity contribution < 1.29 is 19.4 Å². The molecule has 0 aliphatic heterocycles. The topological polar surface area (TPSA) is 137 Å². The van der Waals surface area contributed by atoms with Gasteiger partial charge >= 0.3 is 11.9 Å². The van der Waals surface area contributed by atoms with Crippen molar-refractivity contribution in [3.63, 3.8) is 0 Å². The first-order valence-electron chi connectivity index (χ1n) is 6.25. The molecule has 0 bridgehead atoms. The van der Waals surface area contributed by atoms with Crippen LogP contribution in [0, 0.1) is 0 Å². The van der Waals surface area contributed by atoms with Crippen LogP contribution in [-0.4, -0.2) is 28.7 Å². The number of nitrogens with two attached hydrogens (primary N) is 1. The zero-order valence-corrected chi connectivity index (χ0v) is 12.6. The lowest BCUT2D eigenvalue weighted by atomic mass is 10.0. The van der Waals surface area contributed by atoms with Gasteiger partial charge in [-0.1, -0.05) is 18.2 Å². The highest BCUT2D eigenvalue weighted by atomic mass is 16.6. The molecule has 1 atom stereocenters. The molecule has 0 aliphatic rings. The zero-order valence-electron chi connectivity index (χ0n) is 12.6. The number of hydrogen-bond donors (Lipinski definition) is 4. The Balaban J connectivity index is 0.00000400. The summed E-state index contributed by atoms with van der Waals surface area (Å²) in [5.41, 5.74) is 2.53. The second-order valence-corrected chi connectivity index (χ2v) is 5.42. The molecule has 0 radical (unpaired) electrons. The molecule has 21 heavy (non-hydrogen) atoms. The summed E-state index contributed by atoms with van der Waals surface area (Å²) < 4.78 is 5.30. The Morgan fingerprint density at radius 2 is 1.90 bits per heavy atom. The second kappa shape index (κ2) is 7.72. The van der Waals surface area contributed by atoms with Gasteiger partial charge in [0.25, 0.3) is 0 Å². The Morgan fingerprint density at radius 3 is 2.38 bits per heavy atom. The summed E-state index contributed by atoms with van der Waals surface area (Å²) in [6.45, 7) is 5.32. The molecule has 1 rings (SSSR count). The minimum absolute atomic E-state index is 0. The minimum atomic E-state index is -1.08. The van der Waals surface area contributed by atoms with Crippen molar-refractivity contribution in [3.8, 4) is 0 Å². The van der Waals surface area contributed by atoms with Crippen molar-refractivity contribution in [1.82, 2.24) is 11.6 Å². The van der Waals surface area contributed by atoms with Crippen LogP contribution < -0.4 is 17.4 Å². The van der Waals surface area contributed by atoms with Crippen LogP contribution in [0.5, 0.6) is 0 Å². The first-order chi connectivity index (χ1) is 9.24. The quantitative estimate of drug-likeness (QED) is 0.365. The van der Waals surface area contributed by atoms with Crippen LogP contribution in [0.3, 0.4) is 0 Å². The molecule has 0 fully saturated rings. The van der Waals surface area contributed by atoms with Crippen LogP contribution in [0.4, 0.5) is 0 Å². The number of ether oxygens (including phenoxy) is 1. The number of hydrazine groups is 1. The predicted molar refractivity (Wildman–Crippen MR) is 79.1 cm³/mol. The summed E-state index contributed by atoms with van der Waals surface area (Å²) in [6.07, 6.45) is 0.0985. The number of rotatable bonds is 5. The molecule has 7 heteroatoms. The summed E-state index contributed by atoms with van der Waals surface area (Å²) >= 11 is 0. The third-order valence-electron chi connectivity index (χ3n) is 2.56. The molecular formula is C14H23N3O4. The van der Waals surface area contributed by atoms with Crippen LogP contribution in [0.1, 0.15) is 36.7 Å². The Labute approximate surface area is 124 Å². The van der Waals surface area contributed by atoms with E-state index >= 15 is 0 Å². The molecule has 0 aromatic heterocycles. The Bertz CT molecular complexity index is 497. The number of carboxylic acid groups (broad SMARTS) is 1. The third kappa shape index (κ3) is 5.90. The number of carbonyl (C=O) groups is 2. The van der Waals surface area contributed by atoms with E-state index in [4.69, 9.17) is 15.7 Å². The third-order valence-corrected chi connectivity index (χ3v) is 2.56. The highest BCUT2D eigenvalue weighted by Gasteiger charge is 2.23. The largest absolute Gasteiger partial charge is 0.480 e. The molecule has 0 spiro atoms. The lowest BCUT2D eigenvalue weighted by molar-refractivity contribution is -0.139. The van der Waals surface area contributed by atoms with Crippen LogP contribution in [0.25, 0.3) is 0 Å². The van der Waals surface area contributed by atoms with Gasteiger partial charge in [-0.15, -0.1) is 0 Å². The van der Waals surface area contributed by atoms with Crippen molar-refractivity contribution in [3.05, 3.63) is 35.4 Å². The van der Waals surface area contributed by atoms with Gasteiger partial charge in [-0.05, 0) is 32.4 Å². The number of aliphatic carboxylic acids is 1. The normalized spacial score (nSPS) is 12.2. The monoisotopic (exact) mass is 297 g/mol. The average molecular weight is 297 g/mol. The van der Waals surface area contributed by atoms with Gasteiger partial charge in [0.15, 0.2) is 0 Å². The van der Waals surface area contributed by atoms with Gasteiger partial charge in [0.1, 0.15) is 11.6 Å². The van der Waals surface area contributed by atoms with Gasteiger partial charge < -0.3 is 16.0 Å². The highest BCUT2D eigenvalue weighted by molar-refractivity contribution is 5.91. The molecule has 118 valence electrons. The maximum atomic E-state index is 12.1. The van der Waals surface area contributed by atoms with Crippen LogP contribution in [0.2, 0.25) is 0 Å². The molecule has 1 aromatic carbocycles. The van der Waals surface area contributed by atoms with Crippen molar-refractivity contribution in [2.24, 2.45) is 5.84 Å². The number of carboxylic acids is 1. The van der Waals surface area contributed by atoms with E-state index in [0.29, 0.717) is 11.1 Å². The first kappa shape index (κ1) is 19.0. The zero-order chi connectivity index (χ0) is 15.3. The summed E-state index contributed by atoms with van der Waals surface area (Å²) in [5.74, 6) is 3.65. The number of carbonyl (C=O) groups excluding carboxylic acids is 1. The second-order valence-electron chi connectivity index (χ2n) is 5.42. The fourth-order valence-electron chi connectivity index (χ4n) is 1.67. The number of hydrogen-bond acceptors (Lipinski definition) is 6. The highest BCUT2D eigenvalue weighted by Crippen LogP contribution is 2.17. The molecule has 0 aliphatic carbocycles. The van der Waals surface area contributed by atoms with E-state index in [-0.39, 0.29) is 12.6 Å². The lowest BCUT2D eigenvalue weighted by Gasteiger charge is -2.21. The van der Waals surface area contributed by atoms with E-state index < -0.39 is 23.6 Å². The molecular weight excluding hydrogens is 274 g/mol. The fraction of sp³-hybridized carbons (Fsp3) is 0.429. The standard InChI is InChI=1S/C14H20N2O4.H3N/c1-14(2,3)20-13(19)10-7-5-4-6-9(10)8-11(16-15)12(17)18;/h4-7,11,16H,8,15H2,1-3H3,(H,17,18);1H3. The molecule has 1 unspecified atom stereocenters. The number of nitrogens with one attached hydrogen (secondary N) is 1. The maximum Gasteiger partial charge on any atom is 0.338 e. The van der Waals surface area contributed by atoms with Crippen molar-refractivity contribution in [2.75, 3.05) is 0 Å². The van der Waals surface area contributed by atoms with E-state index in [1.807, 2.05) is 0 Å². The number of benzene rings is 1. The van der Waals surface area contributed by atoms with E-state index in [0.717, 1.165) is 0 Å². The van der Waals surface area contributed by atoms with E-state index in [2.05, 4.69) is 5.43 Å². The molecule has 7 N–H and O–H groups in total. The maximum absolute atomic E-state index is 12.1. The summed E-state index contributed by atoms with van der Waals surface area (Å²) in [5, 5.41) is 8.99. The SMILES string of the molecule is CC(C)(C)OC(=O)c1ccccc1CC(NN)C(=O)O.N. The van der Waals surface area contributed by atoms with Gasteiger partial charge in [0.05, 0.1) is 5.56 Å². The minimum Gasteiger partial charge on any atom is -0.480 e. The Kier molecular flexibility index (Phi) is 7.00. The predicted octanol–water partition coefficient (Wildman–Crippen LogP) is 1.26. The van der Waals surface area contributed by atoms with E-state index in [9.17, 15) is 9.59 Å². The van der Waals surface area contributed by atoms with E-state index in [1.165, 1.54) is 0 Å². The van der Waals surface area contributed by atoms with Crippen LogP contribution in [0.15, 0.2) is 24.3 Å². The molecule has 0 heterocycles. The van der Waals surface area contributed by atoms with Crippen molar-refractivity contribution in [2.45, 2.75) is 38.8 Å². The Hall–Kier alpha value is -1.96. The van der Waals surface area contributed by atoms with Gasteiger partial charge in [-0.25, -0.2) is 10.2 Å². The summed E-state index contributed by atoms with van der Waals surface area (Å²) in [7, 11) is 0. The van der Waals surface area contributed by atoms with Crippen molar-refractivity contribution >= 4 is 11.9 Å². The van der Waals surface area contributed by atoms with Crippen LogP contribution >= 0.6 is 0 Å². The molecule has 7 nitrogen and oxygen atoms in total.